The van der Waals surface area contributed by atoms with Gasteiger partial charge >= 0.3 is 144 Å². The zero-order valence-corrected chi connectivity index (χ0v) is 16.3. The number of allylic oxidation sites excluding steroid dienone is 2. The first kappa shape index (κ1) is 18.2. The molecular weight excluding hydrogens is 355 g/mol. The molecule has 0 bridgehead atoms. The minimum atomic E-state index is -0.973. The second-order valence-corrected chi connectivity index (χ2v) is 8.76. The Labute approximate surface area is 143 Å². The van der Waals surface area contributed by atoms with Crippen molar-refractivity contribution in [3.8, 4) is 0 Å². The average Bonchev–Trinajstić information content (AvgIpc) is 3.04. The van der Waals surface area contributed by atoms with E-state index in [0.717, 1.165) is 10.1 Å². The van der Waals surface area contributed by atoms with Gasteiger partial charge in [-0.25, -0.2) is 0 Å². The number of anilines is 1. The van der Waals surface area contributed by atoms with Crippen LogP contribution in [0.15, 0.2) is 35.9 Å². The van der Waals surface area contributed by atoms with E-state index in [1.807, 2.05) is 31.3 Å². The molecule has 1 aromatic carbocycles. The molecule has 6 heteroatoms. The van der Waals surface area contributed by atoms with Crippen LogP contribution in [0.25, 0.3) is 0 Å². The maximum absolute atomic E-state index is 12.8. The van der Waals surface area contributed by atoms with E-state index in [4.69, 9.17) is 5.26 Å². The Hall–Kier alpha value is -1.15. The van der Waals surface area contributed by atoms with Crippen LogP contribution in [0.2, 0.25) is 0 Å². The molecule has 1 aliphatic carbocycles. The zero-order valence-electron chi connectivity index (χ0n) is 14.2. The van der Waals surface area contributed by atoms with E-state index < -0.39 is 15.8 Å². The van der Waals surface area contributed by atoms with E-state index in [9.17, 15) is 4.79 Å². The van der Waals surface area contributed by atoms with E-state index >= 15 is 0 Å². The molecule has 1 fully saturated rings. The second kappa shape index (κ2) is 7.17. The normalized spacial score (nSPS) is 21.7. The van der Waals surface area contributed by atoms with Crippen molar-refractivity contribution >= 4 is 31.8 Å². The zero-order chi connectivity index (χ0) is 17.2. The molecule has 1 aromatic rings. The third-order valence-corrected chi connectivity index (χ3v) is 6.00. The van der Waals surface area contributed by atoms with Gasteiger partial charge in [-0.2, -0.15) is 0 Å². The predicted molar refractivity (Wildman–Crippen MR) is 90.2 cm³/mol. The van der Waals surface area contributed by atoms with Gasteiger partial charge in [0, 0.05) is 0 Å². The van der Waals surface area contributed by atoms with Crippen molar-refractivity contribution in [3.05, 3.63) is 35.9 Å². The first-order valence-corrected chi connectivity index (χ1v) is 9.45. The number of amides is 1. The molecular formula is C17H23GeNO4. The summed E-state index contributed by atoms with van der Waals surface area (Å²) in [6, 6.07) is 7.57. The third kappa shape index (κ3) is 4.04. The summed E-state index contributed by atoms with van der Waals surface area (Å²) < 4.78 is 5.56. The third-order valence-electron chi connectivity index (χ3n) is 4.47. The monoisotopic (exact) mass is 379 g/mol. The predicted octanol–water partition coefficient (Wildman–Crippen LogP) is 2.55. The SMILES string of the molecule is CC(C)=CC1C(C(=O)N(C)c2cc[c]([Ge][O]OO)cc2)C1(C)C. The van der Waals surface area contributed by atoms with Gasteiger partial charge in [-0.1, -0.05) is 0 Å². The van der Waals surface area contributed by atoms with Gasteiger partial charge in [-0.05, 0) is 0 Å². The van der Waals surface area contributed by atoms with Crippen LogP contribution >= 0.6 is 0 Å². The summed E-state index contributed by atoms with van der Waals surface area (Å²) in [5.41, 5.74) is 2.12. The molecule has 2 unspecified atom stereocenters. The Kier molecular flexibility index (Phi) is 5.67. The Morgan fingerprint density at radius 3 is 2.43 bits per heavy atom. The summed E-state index contributed by atoms with van der Waals surface area (Å²) in [7, 11) is 1.81. The van der Waals surface area contributed by atoms with Gasteiger partial charge < -0.3 is 0 Å². The van der Waals surface area contributed by atoms with E-state index in [1.165, 1.54) is 5.57 Å². The van der Waals surface area contributed by atoms with Crippen LogP contribution in [0.1, 0.15) is 27.7 Å². The van der Waals surface area contributed by atoms with Crippen LogP contribution in [-0.2, 0) is 13.7 Å². The average molecular weight is 378 g/mol. The number of carbonyl (C=O) groups excluding carboxylic acids is 1. The van der Waals surface area contributed by atoms with E-state index in [1.54, 1.807) is 4.90 Å². The second-order valence-electron chi connectivity index (χ2n) is 6.77. The fourth-order valence-corrected chi connectivity index (χ4v) is 3.89. The van der Waals surface area contributed by atoms with Gasteiger partial charge in [0.2, 0.25) is 0 Å². The summed E-state index contributed by atoms with van der Waals surface area (Å²) >= 11 is -0.973. The molecule has 0 aromatic heterocycles. The van der Waals surface area contributed by atoms with E-state index in [-0.39, 0.29) is 17.2 Å². The molecule has 2 rings (SSSR count). The maximum atomic E-state index is 12.8. The molecule has 1 aliphatic rings. The summed E-state index contributed by atoms with van der Waals surface area (Å²) in [6.45, 7) is 8.43. The molecule has 23 heavy (non-hydrogen) atoms. The molecule has 2 atom stereocenters. The number of nitrogens with zero attached hydrogens (tertiary/aromatic N) is 1. The van der Waals surface area contributed by atoms with E-state index in [0.29, 0.717) is 5.92 Å². The molecule has 5 nitrogen and oxygen atoms in total. The summed E-state index contributed by atoms with van der Waals surface area (Å²) in [6.07, 6.45) is 2.21. The Morgan fingerprint density at radius 1 is 1.30 bits per heavy atom. The first-order chi connectivity index (χ1) is 10.8. The quantitative estimate of drug-likeness (QED) is 0.358. The van der Waals surface area contributed by atoms with Crippen molar-refractivity contribution in [1.82, 2.24) is 0 Å². The van der Waals surface area contributed by atoms with Gasteiger partial charge in [0.1, 0.15) is 0 Å². The van der Waals surface area contributed by atoms with Crippen molar-refractivity contribution in [2.24, 2.45) is 17.3 Å². The van der Waals surface area contributed by atoms with Gasteiger partial charge in [0.15, 0.2) is 0 Å². The van der Waals surface area contributed by atoms with Crippen molar-refractivity contribution < 1.29 is 19.0 Å². The van der Waals surface area contributed by atoms with E-state index in [2.05, 4.69) is 42.7 Å². The summed E-state index contributed by atoms with van der Waals surface area (Å²) in [4.78, 5) is 14.5. The van der Waals surface area contributed by atoms with Gasteiger partial charge in [0.05, 0.1) is 0 Å². The van der Waals surface area contributed by atoms with Crippen LogP contribution in [0.4, 0.5) is 5.69 Å². The summed E-state index contributed by atoms with van der Waals surface area (Å²) in [5, 5.41) is 11.9. The molecule has 124 valence electrons. The number of hydrogen-bond donors (Lipinski definition) is 1. The van der Waals surface area contributed by atoms with Crippen LogP contribution in [0.5, 0.6) is 0 Å². The van der Waals surface area contributed by atoms with Crippen LogP contribution in [0.3, 0.4) is 0 Å². The Bertz CT molecular complexity index is 593. The molecule has 1 amide bonds. The molecule has 0 aliphatic heterocycles. The van der Waals surface area contributed by atoms with Gasteiger partial charge in [-0.3, -0.25) is 0 Å². The first-order valence-electron chi connectivity index (χ1n) is 7.54. The van der Waals surface area contributed by atoms with Crippen LogP contribution < -0.4 is 9.30 Å². The molecule has 2 radical (unpaired) electrons. The van der Waals surface area contributed by atoms with Crippen molar-refractivity contribution in [3.63, 3.8) is 0 Å². The molecule has 0 heterocycles. The Morgan fingerprint density at radius 2 is 1.91 bits per heavy atom. The van der Waals surface area contributed by atoms with Gasteiger partial charge in [-0.15, -0.1) is 0 Å². The number of carbonyl (C=O) groups is 1. The molecule has 1 N–H and O–H groups in total. The molecule has 0 saturated heterocycles. The van der Waals surface area contributed by atoms with Crippen molar-refractivity contribution in [1.29, 1.82) is 0 Å². The van der Waals surface area contributed by atoms with Crippen molar-refractivity contribution in [2.75, 3.05) is 11.9 Å². The molecule has 0 spiro atoms. The number of rotatable bonds is 6. The Balaban J connectivity index is 2.07. The van der Waals surface area contributed by atoms with Crippen molar-refractivity contribution in [2.45, 2.75) is 27.7 Å². The fourth-order valence-electron chi connectivity index (χ4n) is 2.98. The van der Waals surface area contributed by atoms with Crippen LogP contribution in [0, 0.1) is 17.3 Å². The standard InChI is InChI=1S/C17H23GeNO4/c1-11(2)10-14-15(17(14,3)4)16(20)19(5)13-8-6-12(7-9-13)18-22-23-21/h6-10,14-15,21H,1-5H3. The summed E-state index contributed by atoms with van der Waals surface area (Å²) in [5.74, 6) is 0.487. The van der Waals surface area contributed by atoms with Crippen LogP contribution in [-0.4, -0.2) is 34.0 Å². The number of benzene rings is 1. The minimum absolute atomic E-state index is 0.0150. The fraction of sp³-hybridized carbons (Fsp3) is 0.471. The molecule has 1 saturated carbocycles. The topological polar surface area (TPSA) is 59.0 Å². The van der Waals surface area contributed by atoms with Gasteiger partial charge in [0.25, 0.3) is 0 Å². The number of hydrogen-bond acceptors (Lipinski definition) is 4.